The van der Waals surface area contributed by atoms with E-state index in [1.54, 1.807) is 6.92 Å². The molecule has 2 nitrogen and oxygen atoms in total. The van der Waals surface area contributed by atoms with E-state index in [1.807, 2.05) is 12.3 Å². The van der Waals surface area contributed by atoms with Crippen LogP contribution in [-0.2, 0) is 12.8 Å². The van der Waals surface area contributed by atoms with Crippen molar-refractivity contribution in [3.05, 3.63) is 29.1 Å². The summed E-state index contributed by atoms with van der Waals surface area (Å²) in [6.45, 7) is 10.4. The molecule has 0 N–H and O–H groups in total. The van der Waals surface area contributed by atoms with Crippen LogP contribution in [0.1, 0.15) is 62.7 Å². The van der Waals surface area contributed by atoms with Gasteiger partial charge in [0.15, 0.2) is 5.78 Å². The van der Waals surface area contributed by atoms with Crippen LogP contribution in [0.5, 0.6) is 0 Å². The molecule has 0 aromatic carbocycles. The van der Waals surface area contributed by atoms with Gasteiger partial charge in [0.05, 0.1) is 5.69 Å². The molecule has 1 aromatic heterocycles. The molecule has 0 unspecified atom stereocenters. The number of nitrogens with zero attached hydrogens (tertiary/aromatic N) is 1. The first-order valence-electron chi connectivity index (χ1n) is 6.33. The van der Waals surface area contributed by atoms with E-state index in [0.29, 0.717) is 0 Å². The van der Waals surface area contributed by atoms with Crippen LogP contribution >= 0.6 is 0 Å². The molecular formula is C15H23NO. The second-order valence-corrected chi connectivity index (χ2v) is 5.76. The summed E-state index contributed by atoms with van der Waals surface area (Å²) in [6, 6.07) is 1.96. The van der Waals surface area contributed by atoms with Gasteiger partial charge >= 0.3 is 0 Å². The maximum absolute atomic E-state index is 11.7. The van der Waals surface area contributed by atoms with Crippen LogP contribution in [0.3, 0.4) is 0 Å². The molecule has 1 heterocycles. The average Bonchev–Trinajstić information content (AvgIpc) is 2.24. The molecule has 94 valence electrons. The highest BCUT2D eigenvalue weighted by Gasteiger charge is 2.16. The molecule has 2 heteroatoms. The lowest BCUT2D eigenvalue weighted by molar-refractivity contribution is 0.101. The minimum Gasteiger partial charge on any atom is -0.294 e. The molecule has 0 bridgehead atoms. The van der Waals surface area contributed by atoms with E-state index < -0.39 is 0 Å². The quantitative estimate of drug-likeness (QED) is 0.740. The lowest BCUT2D eigenvalue weighted by Crippen LogP contribution is -2.11. The van der Waals surface area contributed by atoms with Crippen molar-refractivity contribution in [1.82, 2.24) is 4.98 Å². The van der Waals surface area contributed by atoms with Gasteiger partial charge in [-0.15, -0.1) is 0 Å². The highest BCUT2D eigenvalue weighted by atomic mass is 16.1. The summed E-state index contributed by atoms with van der Waals surface area (Å²) in [5.41, 5.74) is 3.21. The fourth-order valence-corrected chi connectivity index (χ4v) is 1.96. The molecule has 1 rings (SSSR count). The van der Waals surface area contributed by atoms with Crippen LogP contribution in [0.2, 0.25) is 0 Å². The first kappa shape index (κ1) is 13.9. The first-order chi connectivity index (χ1) is 7.85. The van der Waals surface area contributed by atoms with Crippen LogP contribution in [-0.4, -0.2) is 10.8 Å². The van der Waals surface area contributed by atoms with Crippen molar-refractivity contribution < 1.29 is 4.79 Å². The standard InChI is InChI=1S/C15H23NO/c1-6-12-8-10-16-13(14(12)11(2)17)7-9-15(3,4)5/h8,10H,6-7,9H2,1-5H3. The van der Waals surface area contributed by atoms with Crippen LogP contribution in [0.4, 0.5) is 0 Å². The smallest absolute Gasteiger partial charge is 0.161 e. The van der Waals surface area contributed by atoms with Crippen molar-refractivity contribution in [3.63, 3.8) is 0 Å². The van der Waals surface area contributed by atoms with E-state index in [9.17, 15) is 4.79 Å². The summed E-state index contributed by atoms with van der Waals surface area (Å²) < 4.78 is 0. The number of Topliss-reactive ketones (excluding diaryl/α,β-unsaturated/α-hetero) is 1. The summed E-state index contributed by atoms with van der Waals surface area (Å²) >= 11 is 0. The number of ketones is 1. The van der Waals surface area contributed by atoms with E-state index in [-0.39, 0.29) is 11.2 Å². The normalized spacial score (nSPS) is 11.6. The summed E-state index contributed by atoms with van der Waals surface area (Å²) in [5.74, 6) is 0.138. The van der Waals surface area contributed by atoms with Gasteiger partial charge in [0.2, 0.25) is 0 Å². The maximum atomic E-state index is 11.7. The molecule has 0 aliphatic carbocycles. The molecule has 1 aromatic rings. The number of hydrogen-bond donors (Lipinski definition) is 0. The van der Waals surface area contributed by atoms with Gasteiger partial charge in [-0.1, -0.05) is 27.7 Å². The lowest BCUT2D eigenvalue weighted by Gasteiger charge is -2.19. The largest absolute Gasteiger partial charge is 0.294 e. The SMILES string of the molecule is CCc1ccnc(CCC(C)(C)C)c1C(C)=O. The van der Waals surface area contributed by atoms with Crippen molar-refractivity contribution in [1.29, 1.82) is 0 Å². The van der Waals surface area contributed by atoms with E-state index >= 15 is 0 Å². The van der Waals surface area contributed by atoms with E-state index in [4.69, 9.17) is 0 Å². The minimum atomic E-state index is 0.138. The molecule has 0 aliphatic heterocycles. The van der Waals surface area contributed by atoms with Crippen molar-refractivity contribution in [3.8, 4) is 0 Å². The number of aromatic nitrogens is 1. The third-order valence-electron chi connectivity index (χ3n) is 2.96. The number of aryl methyl sites for hydroxylation is 2. The molecule has 0 atom stereocenters. The third kappa shape index (κ3) is 3.95. The highest BCUT2D eigenvalue weighted by Crippen LogP contribution is 2.23. The zero-order valence-electron chi connectivity index (χ0n) is 11.6. The van der Waals surface area contributed by atoms with Gasteiger partial charge in [0.25, 0.3) is 0 Å². The first-order valence-corrected chi connectivity index (χ1v) is 6.33. The van der Waals surface area contributed by atoms with Gasteiger partial charge in [-0.3, -0.25) is 9.78 Å². The monoisotopic (exact) mass is 233 g/mol. The second kappa shape index (κ2) is 5.44. The van der Waals surface area contributed by atoms with E-state index in [2.05, 4.69) is 32.7 Å². The number of rotatable bonds is 4. The second-order valence-electron chi connectivity index (χ2n) is 5.76. The van der Waals surface area contributed by atoms with Crippen molar-refractivity contribution in [2.45, 2.75) is 53.9 Å². The molecule has 0 fully saturated rings. The molecule has 0 spiro atoms. The molecule has 0 radical (unpaired) electrons. The summed E-state index contributed by atoms with van der Waals surface area (Å²) in [5, 5.41) is 0. The predicted octanol–water partition coefficient (Wildman–Crippen LogP) is 3.83. The van der Waals surface area contributed by atoms with E-state index in [0.717, 1.165) is 36.1 Å². The Kier molecular flexibility index (Phi) is 4.44. The Morgan fingerprint density at radius 3 is 2.47 bits per heavy atom. The topological polar surface area (TPSA) is 30.0 Å². The fraction of sp³-hybridized carbons (Fsp3) is 0.600. The average molecular weight is 233 g/mol. The summed E-state index contributed by atoms with van der Waals surface area (Å²) in [6.07, 6.45) is 4.64. The lowest BCUT2D eigenvalue weighted by atomic mass is 9.88. The van der Waals surface area contributed by atoms with Gasteiger partial charge in [0.1, 0.15) is 0 Å². The Labute approximate surface area is 104 Å². The molecule has 17 heavy (non-hydrogen) atoms. The third-order valence-corrected chi connectivity index (χ3v) is 2.96. The van der Waals surface area contributed by atoms with Gasteiger partial charge in [-0.05, 0) is 43.2 Å². The fourth-order valence-electron chi connectivity index (χ4n) is 1.96. The minimum absolute atomic E-state index is 0.138. The molecular weight excluding hydrogens is 210 g/mol. The van der Waals surface area contributed by atoms with Gasteiger partial charge in [-0.2, -0.15) is 0 Å². The zero-order chi connectivity index (χ0) is 13.1. The number of hydrogen-bond acceptors (Lipinski definition) is 2. The summed E-state index contributed by atoms with van der Waals surface area (Å²) in [7, 11) is 0. The Bertz CT molecular complexity index is 402. The predicted molar refractivity (Wildman–Crippen MR) is 71.4 cm³/mol. The Morgan fingerprint density at radius 2 is 2.00 bits per heavy atom. The van der Waals surface area contributed by atoms with Crippen molar-refractivity contribution in [2.24, 2.45) is 5.41 Å². The number of carbonyl (C=O) groups is 1. The van der Waals surface area contributed by atoms with Crippen LogP contribution < -0.4 is 0 Å². The molecule has 0 aliphatic rings. The van der Waals surface area contributed by atoms with Crippen LogP contribution in [0, 0.1) is 5.41 Å². The molecule has 0 saturated carbocycles. The van der Waals surface area contributed by atoms with Crippen molar-refractivity contribution >= 4 is 5.78 Å². The van der Waals surface area contributed by atoms with Crippen molar-refractivity contribution in [2.75, 3.05) is 0 Å². The van der Waals surface area contributed by atoms with Crippen LogP contribution in [0.15, 0.2) is 12.3 Å². The summed E-state index contributed by atoms with van der Waals surface area (Å²) in [4.78, 5) is 16.1. The molecule has 0 amide bonds. The Hall–Kier alpha value is -1.18. The van der Waals surface area contributed by atoms with Gasteiger partial charge in [-0.25, -0.2) is 0 Å². The van der Waals surface area contributed by atoms with Gasteiger partial charge in [0, 0.05) is 11.8 Å². The Balaban J connectivity index is 3.02. The highest BCUT2D eigenvalue weighted by molar-refractivity contribution is 5.96. The molecule has 0 saturated heterocycles. The number of pyridine rings is 1. The maximum Gasteiger partial charge on any atom is 0.161 e. The zero-order valence-corrected chi connectivity index (χ0v) is 11.6. The van der Waals surface area contributed by atoms with E-state index in [1.165, 1.54) is 0 Å². The van der Waals surface area contributed by atoms with Crippen LogP contribution in [0.25, 0.3) is 0 Å². The van der Waals surface area contributed by atoms with Gasteiger partial charge < -0.3 is 0 Å². The Morgan fingerprint density at radius 1 is 1.35 bits per heavy atom. The number of carbonyl (C=O) groups excluding carboxylic acids is 1.